The number of thioether (sulfide) groups is 1. The molecule has 0 rings (SSSR count). The van der Waals surface area contributed by atoms with Crippen molar-refractivity contribution in [3.05, 3.63) is 6.92 Å². The molecule has 20 heavy (non-hydrogen) atoms. The van der Waals surface area contributed by atoms with Crippen LogP contribution in [0, 0.1) is 6.92 Å². The topological polar surface area (TPSA) is 0 Å². The first-order valence-electron chi connectivity index (χ1n) is 8.84. The van der Waals surface area contributed by atoms with Crippen molar-refractivity contribution in [2.75, 3.05) is 17.4 Å². The van der Waals surface area contributed by atoms with E-state index in [4.69, 9.17) is 11.6 Å². The summed E-state index contributed by atoms with van der Waals surface area (Å²) in [7, 11) is 0. The summed E-state index contributed by atoms with van der Waals surface area (Å²) in [6.45, 7) is 3.89. The second kappa shape index (κ2) is 19.6. The summed E-state index contributed by atoms with van der Waals surface area (Å²) in [4.78, 5) is 0. The molecule has 0 aromatic heterocycles. The Kier molecular flexibility index (Phi) is 20.3. The van der Waals surface area contributed by atoms with Crippen molar-refractivity contribution in [2.24, 2.45) is 0 Å². The van der Waals surface area contributed by atoms with Crippen molar-refractivity contribution in [1.29, 1.82) is 0 Å². The molecule has 0 aliphatic heterocycles. The molecule has 0 spiro atoms. The Morgan fingerprint density at radius 2 is 0.950 bits per heavy atom. The maximum Gasteiger partial charge on any atom is 0.0314 e. The quantitative estimate of drug-likeness (QED) is 0.201. The first-order chi connectivity index (χ1) is 9.91. The van der Waals surface area contributed by atoms with Gasteiger partial charge in [-0.1, -0.05) is 90.4 Å². The van der Waals surface area contributed by atoms with Crippen molar-refractivity contribution >= 4 is 23.4 Å². The Morgan fingerprint density at radius 3 is 1.35 bits per heavy atom. The Bertz CT molecular complexity index is 143. The molecular weight excluding hydrogens is 284 g/mol. The van der Waals surface area contributed by atoms with E-state index in [1.807, 2.05) is 11.8 Å². The highest BCUT2D eigenvalue weighted by Gasteiger charge is 1.94. The van der Waals surface area contributed by atoms with Crippen LogP contribution in [0.25, 0.3) is 0 Å². The largest absolute Gasteiger partial charge is 0.161 e. The van der Waals surface area contributed by atoms with E-state index in [9.17, 15) is 0 Å². The van der Waals surface area contributed by atoms with Gasteiger partial charge in [0.25, 0.3) is 0 Å². The van der Waals surface area contributed by atoms with Gasteiger partial charge in [0.2, 0.25) is 0 Å². The number of hydrogen-bond acceptors (Lipinski definition) is 1. The molecule has 0 nitrogen and oxygen atoms in total. The molecular formula is C18H36ClS. The predicted molar refractivity (Wildman–Crippen MR) is 98.0 cm³/mol. The second-order valence-corrected chi connectivity index (χ2v) is 7.35. The number of hydrogen-bond donors (Lipinski definition) is 0. The van der Waals surface area contributed by atoms with Gasteiger partial charge in [-0.15, -0.1) is 11.6 Å². The summed E-state index contributed by atoms with van der Waals surface area (Å²) in [6.07, 6.45) is 19.7. The van der Waals surface area contributed by atoms with Gasteiger partial charge in [0, 0.05) is 11.6 Å². The van der Waals surface area contributed by atoms with Crippen LogP contribution < -0.4 is 0 Å². The van der Waals surface area contributed by atoms with Gasteiger partial charge in [0.1, 0.15) is 0 Å². The van der Waals surface area contributed by atoms with Gasteiger partial charge in [-0.2, -0.15) is 11.8 Å². The standard InChI is InChI=1S/C18H36ClS/c1-2-3-4-5-6-7-8-9-10-11-12-13-14-15-17-20-18-16-19/h1-18H2. The van der Waals surface area contributed by atoms with Crippen molar-refractivity contribution in [2.45, 2.75) is 89.9 Å². The third kappa shape index (κ3) is 18.6. The molecule has 0 bridgehead atoms. The summed E-state index contributed by atoms with van der Waals surface area (Å²) in [5.41, 5.74) is 0. The Labute approximate surface area is 137 Å². The number of rotatable bonds is 17. The van der Waals surface area contributed by atoms with E-state index in [-0.39, 0.29) is 0 Å². The summed E-state index contributed by atoms with van der Waals surface area (Å²) >= 11 is 7.65. The Morgan fingerprint density at radius 1 is 0.550 bits per heavy atom. The zero-order valence-electron chi connectivity index (χ0n) is 13.5. The highest BCUT2D eigenvalue weighted by molar-refractivity contribution is 7.99. The first-order valence-corrected chi connectivity index (χ1v) is 10.5. The van der Waals surface area contributed by atoms with Crippen LogP contribution in [0.1, 0.15) is 89.9 Å². The molecule has 0 aromatic carbocycles. The van der Waals surface area contributed by atoms with Crippen LogP contribution in [0.15, 0.2) is 0 Å². The highest BCUT2D eigenvalue weighted by Crippen LogP contribution is 2.13. The molecule has 121 valence electrons. The average Bonchev–Trinajstić information content (AvgIpc) is 2.47. The lowest BCUT2D eigenvalue weighted by molar-refractivity contribution is 0.540. The summed E-state index contributed by atoms with van der Waals surface area (Å²) < 4.78 is 0. The number of halogens is 1. The fraction of sp³-hybridized carbons (Fsp3) is 0.944. The van der Waals surface area contributed by atoms with Crippen LogP contribution in [-0.2, 0) is 0 Å². The van der Waals surface area contributed by atoms with Crippen LogP contribution in [-0.4, -0.2) is 17.4 Å². The van der Waals surface area contributed by atoms with Crippen molar-refractivity contribution < 1.29 is 0 Å². The van der Waals surface area contributed by atoms with E-state index in [0.717, 1.165) is 18.1 Å². The van der Waals surface area contributed by atoms with E-state index in [1.165, 1.54) is 89.2 Å². The fourth-order valence-electron chi connectivity index (χ4n) is 2.48. The molecule has 2 heteroatoms. The minimum absolute atomic E-state index is 0.806. The van der Waals surface area contributed by atoms with Crippen LogP contribution in [0.2, 0.25) is 0 Å². The minimum atomic E-state index is 0.806. The summed E-state index contributed by atoms with van der Waals surface area (Å²) in [5, 5.41) is 0. The molecule has 0 aromatic rings. The zero-order chi connectivity index (χ0) is 14.7. The second-order valence-electron chi connectivity index (χ2n) is 5.75. The lowest BCUT2D eigenvalue weighted by Crippen LogP contribution is -1.86. The number of alkyl halides is 1. The zero-order valence-corrected chi connectivity index (χ0v) is 15.1. The van der Waals surface area contributed by atoms with Crippen LogP contribution >= 0.6 is 23.4 Å². The van der Waals surface area contributed by atoms with Crippen LogP contribution in [0.5, 0.6) is 0 Å². The van der Waals surface area contributed by atoms with Gasteiger partial charge < -0.3 is 0 Å². The number of unbranched alkanes of at least 4 members (excludes halogenated alkanes) is 13. The predicted octanol–water partition coefficient (Wildman–Crippen LogP) is 7.25. The maximum absolute atomic E-state index is 5.64. The Balaban J connectivity index is 2.89. The molecule has 1 radical (unpaired) electrons. The highest BCUT2D eigenvalue weighted by atomic mass is 35.5. The van der Waals surface area contributed by atoms with Gasteiger partial charge in [-0.05, 0) is 12.2 Å². The Hall–Kier alpha value is 0.640. The molecule has 0 fully saturated rings. The van der Waals surface area contributed by atoms with E-state index in [0.29, 0.717) is 0 Å². The lowest BCUT2D eigenvalue weighted by Gasteiger charge is -2.03. The van der Waals surface area contributed by atoms with Gasteiger partial charge in [-0.25, -0.2) is 0 Å². The molecule has 0 saturated carbocycles. The third-order valence-electron chi connectivity index (χ3n) is 3.76. The molecule has 0 unspecified atom stereocenters. The molecule has 0 aliphatic rings. The average molecular weight is 320 g/mol. The molecule has 0 N–H and O–H groups in total. The molecule has 0 atom stereocenters. The van der Waals surface area contributed by atoms with E-state index in [2.05, 4.69) is 6.92 Å². The van der Waals surface area contributed by atoms with Crippen LogP contribution in [0.4, 0.5) is 0 Å². The van der Waals surface area contributed by atoms with Gasteiger partial charge in [0.15, 0.2) is 0 Å². The molecule has 0 amide bonds. The molecule has 0 heterocycles. The minimum Gasteiger partial charge on any atom is -0.161 e. The van der Waals surface area contributed by atoms with Crippen LogP contribution in [0.3, 0.4) is 0 Å². The van der Waals surface area contributed by atoms with E-state index < -0.39 is 0 Å². The summed E-state index contributed by atoms with van der Waals surface area (Å²) in [5.74, 6) is 3.23. The van der Waals surface area contributed by atoms with Crippen molar-refractivity contribution in [3.8, 4) is 0 Å². The maximum atomic E-state index is 5.64. The van der Waals surface area contributed by atoms with E-state index >= 15 is 0 Å². The van der Waals surface area contributed by atoms with E-state index in [1.54, 1.807) is 0 Å². The SMILES string of the molecule is [CH2]CCCCCCCCCCCCCCCSCCCl. The lowest BCUT2D eigenvalue weighted by atomic mass is 10.0. The van der Waals surface area contributed by atoms with Gasteiger partial charge >= 0.3 is 0 Å². The third-order valence-corrected chi connectivity index (χ3v) is 5.24. The first kappa shape index (κ1) is 20.6. The van der Waals surface area contributed by atoms with Gasteiger partial charge in [-0.3, -0.25) is 0 Å². The fourth-order valence-corrected chi connectivity index (χ4v) is 3.53. The van der Waals surface area contributed by atoms with Gasteiger partial charge in [0.05, 0.1) is 0 Å². The van der Waals surface area contributed by atoms with Crippen molar-refractivity contribution in [1.82, 2.24) is 0 Å². The monoisotopic (exact) mass is 319 g/mol. The normalized spacial score (nSPS) is 11.1. The molecule has 0 saturated heterocycles. The summed E-state index contributed by atoms with van der Waals surface area (Å²) in [6, 6.07) is 0. The smallest absolute Gasteiger partial charge is 0.0314 e. The van der Waals surface area contributed by atoms with Crippen molar-refractivity contribution in [3.63, 3.8) is 0 Å². The molecule has 0 aliphatic carbocycles.